The minimum atomic E-state index is -4.42. The molecule has 3 aliphatic rings. The second kappa shape index (κ2) is 11.4. The van der Waals surface area contributed by atoms with Crippen LogP contribution in [0.3, 0.4) is 0 Å². The molecule has 1 saturated heterocycles. The van der Waals surface area contributed by atoms with E-state index in [4.69, 9.17) is 10.00 Å². The first kappa shape index (κ1) is 26.0. The summed E-state index contributed by atoms with van der Waals surface area (Å²) in [6, 6.07) is 3.96. The van der Waals surface area contributed by atoms with E-state index >= 15 is 0 Å². The van der Waals surface area contributed by atoms with Gasteiger partial charge in [-0.3, -0.25) is 0 Å². The zero-order valence-corrected chi connectivity index (χ0v) is 20.6. The number of nitriles is 1. The topological polar surface area (TPSA) is 84.7 Å². The second-order valence-corrected chi connectivity index (χ2v) is 9.77. The first-order valence-corrected chi connectivity index (χ1v) is 12.3. The van der Waals surface area contributed by atoms with Gasteiger partial charge >= 0.3 is 6.18 Å². The summed E-state index contributed by atoms with van der Waals surface area (Å²) in [6.07, 6.45) is 7.49. The summed E-state index contributed by atoms with van der Waals surface area (Å²) in [5.41, 5.74) is 0.585. The van der Waals surface area contributed by atoms with E-state index in [0.717, 1.165) is 31.9 Å². The van der Waals surface area contributed by atoms with Crippen LogP contribution in [-0.4, -0.2) is 56.7 Å². The number of rotatable bonds is 6. The highest BCUT2D eigenvalue weighted by atomic mass is 19.4. The van der Waals surface area contributed by atoms with Crippen LogP contribution < -0.4 is 16.0 Å². The number of aliphatic imine (C=N–C) groups is 1. The normalized spacial score (nSPS) is 27.6. The highest BCUT2D eigenvalue weighted by Crippen LogP contribution is 2.49. The van der Waals surface area contributed by atoms with Gasteiger partial charge in [0.25, 0.3) is 0 Å². The van der Waals surface area contributed by atoms with Crippen molar-refractivity contribution in [2.24, 2.45) is 16.8 Å². The summed E-state index contributed by atoms with van der Waals surface area (Å²) in [5, 5.41) is 18.8. The van der Waals surface area contributed by atoms with Gasteiger partial charge in [0.2, 0.25) is 12.2 Å². The fraction of sp³-hybridized carbons (Fsp3) is 0.538. The van der Waals surface area contributed by atoms with E-state index < -0.39 is 17.8 Å². The van der Waals surface area contributed by atoms with Crippen LogP contribution in [0.15, 0.2) is 47.5 Å². The molecule has 1 aromatic rings. The molecule has 3 N–H and O–H groups in total. The van der Waals surface area contributed by atoms with Crippen LogP contribution in [0.1, 0.15) is 36.5 Å². The van der Waals surface area contributed by atoms with Crippen molar-refractivity contribution in [3.63, 3.8) is 0 Å². The number of allylic oxidation sites excluding steroid dienone is 3. The zero-order chi connectivity index (χ0) is 25.7. The zero-order valence-electron chi connectivity index (χ0n) is 20.6. The van der Waals surface area contributed by atoms with Crippen LogP contribution >= 0.6 is 0 Å². The molecule has 5 atom stereocenters. The van der Waals surface area contributed by atoms with Crippen LogP contribution in [0.5, 0.6) is 0 Å². The lowest BCUT2D eigenvalue weighted by molar-refractivity contribution is -0.138. The summed E-state index contributed by atoms with van der Waals surface area (Å²) in [5.74, 6) is 0.655. The molecule has 0 aromatic heterocycles. The van der Waals surface area contributed by atoms with E-state index in [1.54, 1.807) is 6.19 Å². The third-order valence-electron chi connectivity index (χ3n) is 7.00. The Morgan fingerprint density at radius 2 is 2.08 bits per heavy atom. The first-order valence-electron chi connectivity index (χ1n) is 12.3. The number of guanidine groups is 1. The summed E-state index contributed by atoms with van der Waals surface area (Å²) < 4.78 is 47.1. The molecule has 194 valence electrons. The molecule has 1 aromatic carbocycles. The Balaban J connectivity index is 1.52. The fourth-order valence-corrected chi connectivity index (χ4v) is 5.21. The number of likely N-dealkylation sites (N-methyl/N-ethyl adjacent to an activating group) is 1. The van der Waals surface area contributed by atoms with E-state index in [2.05, 4.69) is 33.1 Å². The molecular formula is C26H33F3N6O. The van der Waals surface area contributed by atoms with Gasteiger partial charge in [0.05, 0.1) is 17.8 Å². The average molecular weight is 503 g/mol. The number of nitrogens with one attached hydrogen (secondary N) is 3. The Labute approximate surface area is 210 Å². The Morgan fingerprint density at radius 3 is 2.78 bits per heavy atom. The largest absolute Gasteiger partial charge is 0.416 e. The average Bonchev–Trinajstić information content (AvgIpc) is 2.86. The van der Waals surface area contributed by atoms with Gasteiger partial charge in [-0.15, -0.1) is 4.99 Å². The number of benzene rings is 1. The predicted molar refractivity (Wildman–Crippen MR) is 133 cm³/mol. The monoisotopic (exact) mass is 502 g/mol. The van der Waals surface area contributed by atoms with Crippen molar-refractivity contribution in [2.75, 3.05) is 39.0 Å². The standard InChI is InChI=1S/C26H33F3N6O/c1-35(2)13-12-31-25(33-16-30)32-15-19-9-10-20-23(17-6-4-3-5-7-17)34-22-11-8-18(26(27,28)29)14-21(22)24(20)36-19/h3-6,8,11,14,17,19-20,23-24,34H,7,9-10,12-13,15H2,1-2H3,(H2,31,32,33)/t17?,19-,20+,23+,24+/m1/s1. The lowest BCUT2D eigenvalue weighted by Gasteiger charge is -2.47. The van der Waals surface area contributed by atoms with Crippen molar-refractivity contribution < 1.29 is 17.9 Å². The van der Waals surface area contributed by atoms with Gasteiger partial charge in [0.15, 0.2) is 0 Å². The third-order valence-corrected chi connectivity index (χ3v) is 7.00. The molecule has 36 heavy (non-hydrogen) atoms. The van der Waals surface area contributed by atoms with Crippen LogP contribution in [0.4, 0.5) is 18.9 Å². The Bertz CT molecular complexity index is 1050. The highest BCUT2D eigenvalue weighted by Gasteiger charge is 2.45. The van der Waals surface area contributed by atoms with E-state index in [1.807, 2.05) is 31.1 Å². The molecule has 7 nitrogen and oxygen atoms in total. The molecular weight excluding hydrogens is 469 g/mol. The molecule has 2 heterocycles. The maximum absolute atomic E-state index is 13.5. The smallest absolute Gasteiger partial charge is 0.381 e. The molecule has 4 rings (SSSR count). The predicted octanol–water partition coefficient (Wildman–Crippen LogP) is 4.05. The number of nitrogens with zero attached hydrogens (tertiary/aromatic N) is 3. The van der Waals surface area contributed by atoms with Gasteiger partial charge in [0, 0.05) is 48.8 Å². The minimum Gasteiger partial charge on any atom is -0.381 e. The van der Waals surface area contributed by atoms with Gasteiger partial charge in [-0.2, -0.15) is 18.4 Å². The van der Waals surface area contributed by atoms with Gasteiger partial charge in [0.1, 0.15) is 0 Å². The van der Waals surface area contributed by atoms with Crippen LogP contribution in [0.25, 0.3) is 0 Å². The van der Waals surface area contributed by atoms with Crippen molar-refractivity contribution in [1.29, 1.82) is 5.26 Å². The van der Waals surface area contributed by atoms with Crippen LogP contribution in [0.2, 0.25) is 0 Å². The van der Waals surface area contributed by atoms with E-state index in [0.29, 0.717) is 30.3 Å². The Hall–Kier alpha value is -3.03. The summed E-state index contributed by atoms with van der Waals surface area (Å²) in [7, 11) is 3.91. The van der Waals surface area contributed by atoms with Crippen LogP contribution in [-0.2, 0) is 10.9 Å². The number of alkyl halides is 3. The maximum Gasteiger partial charge on any atom is 0.416 e. The molecule has 1 aliphatic carbocycles. The van der Waals surface area contributed by atoms with Gasteiger partial charge in [-0.25, -0.2) is 0 Å². The van der Waals surface area contributed by atoms with Gasteiger partial charge in [-0.1, -0.05) is 24.3 Å². The van der Waals surface area contributed by atoms with Crippen molar-refractivity contribution >= 4 is 11.6 Å². The number of hydrogen-bond acceptors (Lipinski definition) is 5. The van der Waals surface area contributed by atoms with E-state index in [9.17, 15) is 13.2 Å². The van der Waals surface area contributed by atoms with Crippen molar-refractivity contribution in [2.45, 2.75) is 43.7 Å². The summed E-state index contributed by atoms with van der Waals surface area (Å²) in [6.45, 7) is 1.78. The molecule has 0 amide bonds. The lowest BCUT2D eigenvalue weighted by Crippen LogP contribution is -2.49. The molecule has 0 spiro atoms. The molecule has 1 fully saturated rings. The van der Waals surface area contributed by atoms with Crippen molar-refractivity contribution in [3.05, 3.63) is 53.6 Å². The molecule has 10 heteroatoms. The number of halogens is 3. The van der Waals surface area contributed by atoms with Crippen molar-refractivity contribution in [1.82, 2.24) is 15.5 Å². The van der Waals surface area contributed by atoms with E-state index in [1.165, 1.54) is 12.1 Å². The Morgan fingerprint density at radius 1 is 1.25 bits per heavy atom. The number of fused-ring (bicyclic) bond motifs is 3. The summed E-state index contributed by atoms with van der Waals surface area (Å²) in [4.78, 5) is 5.82. The van der Waals surface area contributed by atoms with Crippen LogP contribution in [0, 0.1) is 23.3 Å². The molecule has 2 aliphatic heterocycles. The Kier molecular flexibility index (Phi) is 8.21. The first-order chi connectivity index (χ1) is 17.3. The molecule has 0 bridgehead atoms. The second-order valence-electron chi connectivity index (χ2n) is 9.77. The number of ether oxygens (including phenoxy) is 1. The van der Waals surface area contributed by atoms with Gasteiger partial charge < -0.3 is 25.6 Å². The van der Waals surface area contributed by atoms with Gasteiger partial charge in [-0.05, 0) is 51.6 Å². The van der Waals surface area contributed by atoms with Crippen molar-refractivity contribution in [3.8, 4) is 6.19 Å². The molecule has 0 radical (unpaired) electrons. The molecule has 1 unspecified atom stereocenters. The fourth-order valence-electron chi connectivity index (χ4n) is 5.21. The molecule has 0 saturated carbocycles. The minimum absolute atomic E-state index is 0.0452. The third kappa shape index (κ3) is 6.20. The SMILES string of the molecule is CN(C)CCN/C(=N/C#N)NC[C@H]1CC[C@@H]2[C@H](O1)c1cc(C(F)(F)F)ccc1N[C@H]2C1C=CC=CC1. The number of hydrogen-bond donors (Lipinski definition) is 3. The quantitative estimate of drug-likeness (QED) is 0.309. The summed E-state index contributed by atoms with van der Waals surface area (Å²) >= 11 is 0. The maximum atomic E-state index is 13.5. The highest BCUT2D eigenvalue weighted by molar-refractivity contribution is 5.80. The van der Waals surface area contributed by atoms with E-state index in [-0.39, 0.29) is 24.0 Å². The number of anilines is 1. The lowest BCUT2D eigenvalue weighted by atomic mass is 9.73.